The van der Waals surface area contributed by atoms with Crippen molar-refractivity contribution in [1.29, 1.82) is 0 Å². The third-order valence-electron chi connectivity index (χ3n) is 8.81. The number of anilines is 3. The molecule has 1 aliphatic rings. The first kappa shape index (κ1) is 19.0. The van der Waals surface area contributed by atoms with Crippen molar-refractivity contribution in [3.05, 3.63) is 187 Å². The Bertz CT molecular complexity index is 2540. The Balaban J connectivity index is 1.35. The maximum atomic E-state index is 8.56. The molecule has 0 saturated carbocycles. The first-order valence-electron chi connectivity index (χ1n) is 20.2. The van der Waals surface area contributed by atoms with Gasteiger partial charge in [-0.2, -0.15) is 0 Å². The van der Waals surface area contributed by atoms with Crippen LogP contribution in [0, 0.1) is 0 Å². The summed E-state index contributed by atoms with van der Waals surface area (Å²) in [6.45, 7) is 4.49. The highest BCUT2D eigenvalue weighted by Gasteiger charge is 2.38. The number of hydrogen-bond acceptors (Lipinski definition) is 1. The van der Waals surface area contributed by atoms with E-state index in [2.05, 4.69) is 61.2 Å². The van der Waals surface area contributed by atoms with Gasteiger partial charge >= 0.3 is 0 Å². The van der Waals surface area contributed by atoms with Crippen LogP contribution in [0.3, 0.4) is 0 Å². The molecule has 1 heteroatoms. The summed E-state index contributed by atoms with van der Waals surface area (Å²) in [4.78, 5) is 2.07. The lowest BCUT2D eigenvalue weighted by atomic mass is 9.78. The fourth-order valence-corrected chi connectivity index (χ4v) is 6.67. The molecule has 7 aromatic rings. The molecular formula is C45H35N. The van der Waals surface area contributed by atoms with Gasteiger partial charge in [-0.05, 0) is 92.0 Å². The van der Waals surface area contributed by atoms with Crippen LogP contribution in [0.1, 0.15) is 38.7 Å². The molecule has 0 N–H and O–H groups in total. The van der Waals surface area contributed by atoms with Crippen molar-refractivity contribution in [3.63, 3.8) is 0 Å². The third-order valence-corrected chi connectivity index (χ3v) is 8.81. The van der Waals surface area contributed by atoms with Crippen molar-refractivity contribution in [2.75, 3.05) is 4.90 Å². The molecule has 1 aliphatic carbocycles. The molecule has 0 radical (unpaired) electrons. The molecule has 0 amide bonds. The molecule has 7 aromatic carbocycles. The largest absolute Gasteiger partial charge is 0.310 e. The average molecular weight is 600 g/mol. The number of benzene rings is 7. The van der Waals surface area contributed by atoms with E-state index in [0.717, 1.165) is 39.3 Å². The predicted molar refractivity (Wildman–Crippen MR) is 195 cm³/mol. The van der Waals surface area contributed by atoms with Gasteiger partial charge in [-0.1, -0.05) is 153 Å². The minimum Gasteiger partial charge on any atom is -0.310 e. The van der Waals surface area contributed by atoms with Crippen LogP contribution in [0.5, 0.6) is 0 Å². The van der Waals surface area contributed by atoms with Gasteiger partial charge in [0.05, 0.1) is 13.7 Å². The van der Waals surface area contributed by atoms with Gasteiger partial charge in [0.15, 0.2) is 0 Å². The maximum absolute atomic E-state index is 8.56. The van der Waals surface area contributed by atoms with Gasteiger partial charge in [0.25, 0.3) is 0 Å². The summed E-state index contributed by atoms with van der Waals surface area (Å²) in [6.07, 6.45) is 0. The first-order valence-corrected chi connectivity index (χ1v) is 15.2. The molecule has 0 bridgehead atoms. The minimum absolute atomic E-state index is 0.111. The van der Waals surface area contributed by atoms with E-state index in [1.54, 1.807) is 24.3 Å². The smallest absolute Gasteiger partial charge is 0.0629 e. The molecule has 1 nitrogen and oxygen atoms in total. The van der Waals surface area contributed by atoms with Gasteiger partial charge in [0.1, 0.15) is 0 Å². The summed E-state index contributed by atoms with van der Waals surface area (Å²) < 4.78 is 83.3. The van der Waals surface area contributed by atoms with Crippen molar-refractivity contribution in [2.45, 2.75) is 19.3 Å². The highest BCUT2D eigenvalue weighted by atomic mass is 15.1. The number of nitrogens with zero attached hydrogens (tertiary/aromatic N) is 1. The zero-order valence-electron chi connectivity index (χ0n) is 35.4. The van der Waals surface area contributed by atoms with E-state index in [4.69, 9.17) is 13.7 Å². The summed E-state index contributed by atoms with van der Waals surface area (Å²) in [6, 6.07) is 33.8. The van der Waals surface area contributed by atoms with E-state index < -0.39 is 36.3 Å². The van der Waals surface area contributed by atoms with E-state index in [0.29, 0.717) is 11.1 Å². The zero-order valence-corrected chi connectivity index (χ0v) is 25.4. The molecule has 0 aliphatic heterocycles. The monoisotopic (exact) mass is 599 g/mol. The van der Waals surface area contributed by atoms with E-state index in [9.17, 15) is 0 Å². The van der Waals surface area contributed by atoms with Gasteiger partial charge in [-0.3, -0.25) is 0 Å². The van der Waals surface area contributed by atoms with E-state index >= 15 is 0 Å². The molecule has 0 fully saturated rings. The lowest BCUT2D eigenvalue weighted by Crippen LogP contribution is -2.17. The quantitative estimate of drug-likeness (QED) is 0.184. The lowest BCUT2D eigenvalue weighted by Gasteiger charge is -2.29. The summed E-state index contributed by atoms with van der Waals surface area (Å²) in [5.74, 6) is 0. The van der Waals surface area contributed by atoms with Crippen molar-refractivity contribution >= 4 is 17.1 Å². The average Bonchev–Trinajstić information content (AvgIpc) is 3.45. The van der Waals surface area contributed by atoms with Crippen molar-refractivity contribution < 1.29 is 13.7 Å². The van der Waals surface area contributed by atoms with Crippen LogP contribution < -0.4 is 4.90 Å². The topological polar surface area (TPSA) is 3.24 Å². The van der Waals surface area contributed by atoms with Crippen LogP contribution in [-0.2, 0) is 5.41 Å². The molecule has 0 aromatic heterocycles. The SMILES string of the molecule is [2H]c1c([2H])c([2H])c(-c2ccc(N(c3ccc(-c4c([2H])c([2H])c([2H])c([2H])c4[2H])cc3)c3cc(-c4ccccc4)c4c(c3)-c3ccccc3C4(C)C)cc2)c([2H])c1[2H]. The molecule has 0 heterocycles. The fourth-order valence-electron chi connectivity index (χ4n) is 6.67. The number of fused-ring (bicyclic) bond motifs is 3. The third kappa shape index (κ3) is 4.82. The molecule has 220 valence electrons. The Morgan fingerprint density at radius 1 is 0.435 bits per heavy atom. The molecule has 0 saturated heterocycles. The summed E-state index contributed by atoms with van der Waals surface area (Å²) >= 11 is 0. The second kappa shape index (κ2) is 11.4. The van der Waals surface area contributed by atoms with Crippen LogP contribution in [-0.4, -0.2) is 0 Å². The second-order valence-electron chi connectivity index (χ2n) is 11.9. The zero-order chi connectivity index (χ0) is 39.8. The lowest BCUT2D eigenvalue weighted by molar-refractivity contribution is 0.662. The second-order valence-corrected chi connectivity index (χ2v) is 11.9. The predicted octanol–water partition coefficient (Wildman–Crippen LogP) is 12.5. The Hall–Kier alpha value is -5.66. The molecule has 8 rings (SSSR count). The Morgan fingerprint density at radius 3 is 1.50 bits per heavy atom. The van der Waals surface area contributed by atoms with Crippen LogP contribution in [0.25, 0.3) is 44.5 Å². The normalized spacial score (nSPS) is 15.8. The summed E-state index contributed by atoms with van der Waals surface area (Å²) in [5.41, 5.74) is 9.94. The van der Waals surface area contributed by atoms with Gasteiger partial charge in [-0.25, -0.2) is 0 Å². The highest BCUT2D eigenvalue weighted by molar-refractivity contribution is 5.93. The van der Waals surface area contributed by atoms with Gasteiger partial charge in [-0.15, -0.1) is 0 Å². The Kier molecular flexibility index (Phi) is 4.69. The maximum Gasteiger partial charge on any atom is 0.0629 e. The van der Waals surface area contributed by atoms with Gasteiger partial charge in [0, 0.05) is 22.5 Å². The molecule has 0 unspecified atom stereocenters. The molecule has 0 spiro atoms. The van der Waals surface area contributed by atoms with Gasteiger partial charge in [0.2, 0.25) is 0 Å². The highest BCUT2D eigenvalue weighted by Crippen LogP contribution is 2.54. The fraction of sp³-hybridized carbons (Fsp3) is 0.0667. The van der Waals surface area contributed by atoms with Crippen molar-refractivity contribution in [2.24, 2.45) is 0 Å². The molecule has 46 heavy (non-hydrogen) atoms. The van der Waals surface area contributed by atoms with E-state index in [-0.39, 0.29) is 40.7 Å². The minimum atomic E-state index is -0.450. The first-order chi connectivity index (χ1) is 26.7. The Morgan fingerprint density at radius 2 is 0.935 bits per heavy atom. The van der Waals surface area contributed by atoms with Crippen molar-refractivity contribution in [1.82, 2.24) is 0 Å². The standard InChI is InChI=1S/C45H35N/c1-45(2)43-21-13-12-20-40(43)42-31-39(30-41(44(42)45)36-18-10-5-11-19-36)46(37-26-22-34(23-27-37)32-14-6-3-7-15-32)38-28-24-35(25-29-38)33-16-8-4-9-17-33/h3-31H,1-2H3/i3D,4D,6D,7D,8D,9D,14D,15D,16D,17D. The number of rotatable bonds is 6. The summed E-state index contributed by atoms with van der Waals surface area (Å²) in [7, 11) is 0. The number of hydrogen-bond donors (Lipinski definition) is 0. The van der Waals surface area contributed by atoms with E-state index in [1.807, 2.05) is 48.5 Å². The van der Waals surface area contributed by atoms with Crippen molar-refractivity contribution in [3.8, 4) is 44.5 Å². The van der Waals surface area contributed by atoms with E-state index in [1.165, 1.54) is 11.1 Å². The Labute approximate surface area is 286 Å². The van der Waals surface area contributed by atoms with Crippen LogP contribution in [0.15, 0.2) is 176 Å². The van der Waals surface area contributed by atoms with Crippen LogP contribution in [0.4, 0.5) is 17.1 Å². The van der Waals surface area contributed by atoms with Crippen LogP contribution in [0.2, 0.25) is 0 Å². The van der Waals surface area contributed by atoms with Gasteiger partial charge < -0.3 is 4.90 Å². The summed E-state index contributed by atoms with van der Waals surface area (Å²) in [5, 5.41) is 0. The molecule has 0 atom stereocenters. The molecular weight excluding hydrogens is 555 g/mol. The van der Waals surface area contributed by atoms with Crippen LogP contribution >= 0.6 is 0 Å².